The lowest BCUT2D eigenvalue weighted by molar-refractivity contribution is -0.115. The normalized spacial score (nSPS) is 30.3. The fraction of sp³-hybridized carbons (Fsp3) is 0.565. The smallest absolute Gasteiger partial charge is 0.277 e. The van der Waals surface area contributed by atoms with Crippen LogP contribution >= 0.6 is 11.8 Å². The molecule has 4 saturated carbocycles. The predicted molar refractivity (Wildman–Crippen MR) is 115 cm³/mol. The molecule has 2 aromatic rings. The third-order valence-corrected chi connectivity index (χ3v) is 8.02. The van der Waals surface area contributed by atoms with Gasteiger partial charge in [-0.15, -0.1) is 10.2 Å². The fourth-order valence-electron chi connectivity index (χ4n) is 6.11. The number of rotatable bonds is 6. The molecule has 0 aliphatic heterocycles. The summed E-state index contributed by atoms with van der Waals surface area (Å²) >= 11 is 1.29. The van der Waals surface area contributed by atoms with Crippen molar-refractivity contribution in [1.82, 2.24) is 10.2 Å². The van der Waals surface area contributed by atoms with Crippen LogP contribution in [-0.4, -0.2) is 27.1 Å². The molecule has 1 aromatic carbocycles. The van der Waals surface area contributed by atoms with E-state index in [4.69, 9.17) is 4.42 Å². The average Bonchev–Trinajstić information content (AvgIpc) is 3.16. The number of ketones is 1. The number of carbonyl (C=O) groups is 2. The zero-order valence-electron chi connectivity index (χ0n) is 17.4. The van der Waals surface area contributed by atoms with Gasteiger partial charge in [-0.3, -0.25) is 9.59 Å². The molecule has 4 fully saturated rings. The molecule has 0 saturated heterocycles. The molecule has 7 heteroatoms. The number of aromatic nitrogens is 2. The molecule has 4 bridgehead atoms. The van der Waals surface area contributed by atoms with Crippen molar-refractivity contribution in [3.8, 4) is 0 Å². The van der Waals surface area contributed by atoms with Crippen molar-refractivity contribution in [3.63, 3.8) is 0 Å². The minimum atomic E-state index is -0.393. The molecule has 0 radical (unpaired) electrons. The van der Waals surface area contributed by atoms with Gasteiger partial charge < -0.3 is 9.73 Å². The number of hydrogen-bond acceptors (Lipinski definition) is 6. The van der Waals surface area contributed by atoms with Gasteiger partial charge in [-0.1, -0.05) is 23.9 Å². The number of nitrogens with zero attached hydrogens (tertiary/aromatic N) is 2. The summed E-state index contributed by atoms with van der Waals surface area (Å²) in [6.45, 7) is 3.33. The van der Waals surface area contributed by atoms with Crippen molar-refractivity contribution in [2.75, 3.05) is 5.32 Å². The second-order valence-corrected chi connectivity index (χ2v) is 10.7. The zero-order chi connectivity index (χ0) is 20.9. The van der Waals surface area contributed by atoms with Crippen LogP contribution in [0, 0.1) is 17.8 Å². The largest absolute Gasteiger partial charge is 0.415 e. The summed E-state index contributed by atoms with van der Waals surface area (Å²) in [5, 5.41) is 11.6. The quantitative estimate of drug-likeness (QED) is 0.525. The van der Waals surface area contributed by atoms with Crippen LogP contribution in [-0.2, 0) is 10.2 Å². The van der Waals surface area contributed by atoms with Crippen LogP contribution in [0.3, 0.4) is 0 Å². The Morgan fingerprint density at radius 1 is 1.13 bits per heavy atom. The first-order chi connectivity index (χ1) is 14.4. The van der Waals surface area contributed by atoms with Gasteiger partial charge in [-0.2, -0.15) is 0 Å². The van der Waals surface area contributed by atoms with Crippen LogP contribution in [0.4, 0.5) is 5.69 Å². The first-order valence-corrected chi connectivity index (χ1v) is 11.7. The molecule has 1 atom stereocenters. The van der Waals surface area contributed by atoms with E-state index in [0.29, 0.717) is 16.5 Å². The van der Waals surface area contributed by atoms with Gasteiger partial charge in [0.05, 0.1) is 5.25 Å². The van der Waals surface area contributed by atoms with E-state index in [-0.39, 0.29) is 17.1 Å². The van der Waals surface area contributed by atoms with E-state index in [2.05, 4.69) is 15.5 Å². The number of benzene rings is 1. The Kier molecular flexibility index (Phi) is 4.96. The van der Waals surface area contributed by atoms with E-state index in [9.17, 15) is 9.59 Å². The molecule has 1 heterocycles. The molecule has 4 aliphatic carbocycles. The van der Waals surface area contributed by atoms with Crippen molar-refractivity contribution in [2.45, 2.75) is 68.3 Å². The van der Waals surface area contributed by atoms with Crippen LogP contribution in [0.2, 0.25) is 0 Å². The molecular formula is C23H27N3O3S. The molecule has 6 rings (SSSR count). The Bertz CT molecular complexity index is 950. The number of anilines is 1. The topological polar surface area (TPSA) is 85.1 Å². The number of nitrogens with one attached hydrogen (secondary N) is 1. The Balaban J connectivity index is 1.25. The van der Waals surface area contributed by atoms with Crippen molar-refractivity contribution in [3.05, 3.63) is 35.7 Å². The van der Waals surface area contributed by atoms with Gasteiger partial charge in [0.1, 0.15) is 0 Å². The van der Waals surface area contributed by atoms with E-state index in [1.54, 1.807) is 24.3 Å². The fourth-order valence-corrected chi connectivity index (χ4v) is 6.79. The molecule has 0 unspecified atom stereocenters. The highest BCUT2D eigenvalue weighted by Gasteiger charge is 2.54. The lowest BCUT2D eigenvalue weighted by Gasteiger charge is -2.55. The summed E-state index contributed by atoms with van der Waals surface area (Å²) in [6, 6.07) is 6.97. The highest BCUT2D eigenvalue weighted by molar-refractivity contribution is 8.00. The molecule has 0 spiro atoms. The summed E-state index contributed by atoms with van der Waals surface area (Å²) < 4.78 is 6.11. The van der Waals surface area contributed by atoms with Crippen LogP contribution < -0.4 is 5.32 Å². The van der Waals surface area contributed by atoms with Crippen LogP contribution in [0.25, 0.3) is 0 Å². The van der Waals surface area contributed by atoms with Gasteiger partial charge >= 0.3 is 0 Å². The van der Waals surface area contributed by atoms with Gasteiger partial charge in [0.15, 0.2) is 5.78 Å². The first kappa shape index (κ1) is 19.8. The van der Waals surface area contributed by atoms with Gasteiger partial charge in [0.25, 0.3) is 5.22 Å². The lowest BCUT2D eigenvalue weighted by Crippen LogP contribution is -2.48. The minimum absolute atomic E-state index is 0.0309. The average molecular weight is 426 g/mol. The van der Waals surface area contributed by atoms with E-state index < -0.39 is 5.25 Å². The maximum atomic E-state index is 12.6. The van der Waals surface area contributed by atoms with Crippen LogP contribution in [0.15, 0.2) is 33.9 Å². The van der Waals surface area contributed by atoms with Crippen molar-refractivity contribution >= 4 is 29.1 Å². The third kappa shape index (κ3) is 3.68. The lowest BCUT2D eigenvalue weighted by atomic mass is 9.49. The number of thioether (sulfide) groups is 1. The molecule has 4 aliphatic rings. The second kappa shape index (κ2) is 7.52. The van der Waals surface area contributed by atoms with Crippen LogP contribution in [0.1, 0.15) is 68.6 Å². The summed E-state index contributed by atoms with van der Waals surface area (Å²) in [7, 11) is 0. The maximum absolute atomic E-state index is 12.6. The second-order valence-electron chi connectivity index (χ2n) is 9.46. The van der Waals surface area contributed by atoms with Gasteiger partial charge in [-0.25, -0.2) is 0 Å². The Morgan fingerprint density at radius 2 is 1.80 bits per heavy atom. The number of amides is 1. The molecule has 6 nitrogen and oxygen atoms in total. The molecular weight excluding hydrogens is 398 g/mol. The van der Waals surface area contributed by atoms with Crippen LogP contribution in [0.5, 0.6) is 0 Å². The number of hydrogen-bond donors (Lipinski definition) is 1. The highest BCUT2D eigenvalue weighted by atomic mass is 32.2. The van der Waals surface area contributed by atoms with E-state index in [1.807, 2.05) is 6.92 Å². The monoisotopic (exact) mass is 425 g/mol. The summed E-state index contributed by atoms with van der Waals surface area (Å²) in [4.78, 5) is 24.2. The van der Waals surface area contributed by atoms with Crippen molar-refractivity contribution in [2.24, 2.45) is 17.8 Å². The predicted octanol–water partition coefficient (Wildman–Crippen LogP) is 4.86. The number of carbonyl (C=O) groups excluding carboxylic acids is 2. The van der Waals surface area contributed by atoms with Gasteiger partial charge in [-0.05, 0) is 82.3 Å². The molecule has 30 heavy (non-hydrogen) atoms. The summed E-state index contributed by atoms with van der Waals surface area (Å²) in [5.74, 6) is 3.04. The van der Waals surface area contributed by atoms with Crippen molar-refractivity contribution in [1.29, 1.82) is 0 Å². The first-order valence-electron chi connectivity index (χ1n) is 10.8. The Morgan fingerprint density at radius 3 is 2.43 bits per heavy atom. The standard InChI is InChI=1S/C23H27N3O3S/c1-13(27)18-4-3-5-19(9-18)24-20(28)14(2)30-22-26-25-21(29-22)23-10-15-6-16(11-23)8-17(7-15)12-23/h3-5,9,14-17H,6-8,10-12H2,1-2H3,(H,24,28)/t14-,15?,16?,17?,23?/m1/s1. The Labute approximate surface area is 180 Å². The third-order valence-electron chi connectivity index (χ3n) is 7.08. The summed E-state index contributed by atoms with van der Waals surface area (Å²) in [6.07, 6.45) is 7.64. The van der Waals surface area contributed by atoms with E-state index >= 15 is 0 Å². The molecule has 1 N–H and O–H groups in total. The molecule has 158 valence electrons. The van der Waals surface area contributed by atoms with Gasteiger partial charge in [0, 0.05) is 16.7 Å². The van der Waals surface area contributed by atoms with Gasteiger partial charge in [0.2, 0.25) is 11.8 Å². The molecule has 1 amide bonds. The molecule has 1 aromatic heterocycles. The van der Waals surface area contributed by atoms with Crippen molar-refractivity contribution < 1.29 is 14.0 Å². The summed E-state index contributed by atoms with van der Waals surface area (Å²) in [5.41, 5.74) is 1.25. The Hall–Kier alpha value is -2.15. The zero-order valence-corrected chi connectivity index (χ0v) is 18.2. The maximum Gasteiger partial charge on any atom is 0.277 e. The SMILES string of the molecule is CC(=O)c1cccc(NC(=O)[C@@H](C)Sc2nnc(C34CC5CC(CC(C5)C3)C4)o2)c1. The number of Topliss-reactive ketones (excluding diaryl/α,β-unsaturated/α-hetero) is 1. The van der Waals surface area contributed by atoms with E-state index in [1.165, 1.54) is 57.2 Å². The highest BCUT2D eigenvalue weighted by Crippen LogP contribution is 2.60. The minimum Gasteiger partial charge on any atom is -0.415 e. The van der Waals surface area contributed by atoms with E-state index in [0.717, 1.165) is 23.6 Å².